The van der Waals surface area contributed by atoms with E-state index in [0.29, 0.717) is 6.04 Å². The first-order valence-corrected chi connectivity index (χ1v) is 7.02. The van der Waals surface area contributed by atoms with Crippen molar-refractivity contribution in [2.24, 2.45) is 5.92 Å². The van der Waals surface area contributed by atoms with Crippen LogP contribution < -0.4 is 5.32 Å². The second-order valence-corrected chi connectivity index (χ2v) is 5.83. The molecule has 1 N–H and O–H groups in total. The fraction of sp³-hybridized carbons (Fsp3) is 0.769. The van der Waals surface area contributed by atoms with E-state index in [9.17, 15) is 0 Å². The maximum absolute atomic E-state index is 6.30. The standard InChI is InChI=1S/C13H23ClN4/c1-15-12(8-10-4-5-10)13-11(14)9-16-18(13)7-6-17(2)3/h9-10,12,15H,4-8H2,1-3H3. The summed E-state index contributed by atoms with van der Waals surface area (Å²) in [5.74, 6) is 0.871. The average molecular weight is 271 g/mol. The summed E-state index contributed by atoms with van der Waals surface area (Å²) in [6.07, 6.45) is 5.66. The minimum Gasteiger partial charge on any atom is -0.312 e. The van der Waals surface area contributed by atoms with Crippen molar-refractivity contribution < 1.29 is 0 Å². The Kier molecular flexibility index (Phi) is 4.65. The number of nitrogens with one attached hydrogen (secondary N) is 1. The lowest BCUT2D eigenvalue weighted by Gasteiger charge is -2.19. The van der Waals surface area contributed by atoms with Crippen LogP contribution >= 0.6 is 11.6 Å². The topological polar surface area (TPSA) is 33.1 Å². The Labute approximate surface area is 114 Å². The van der Waals surface area contributed by atoms with Gasteiger partial charge in [-0.1, -0.05) is 24.4 Å². The lowest BCUT2D eigenvalue weighted by atomic mass is 10.1. The molecular weight excluding hydrogens is 248 g/mol. The molecular formula is C13H23ClN4. The monoisotopic (exact) mass is 270 g/mol. The summed E-state index contributed by atoms with van der Waals surface area (Å²) < 4.78 is 2.05. The first-order chi connectivity index (χ1) is 8.61. The van der Waals surface area contributed by atoms with Crippen LogP contribution in [-0.4, -0.2) is 42.4 Å². The Morgan fingerprint density at radius 2 is 2.28 bits per heavy atom. The van der Waals surface area contributed by atoms with Crippen LogP contribution in [-0.2, 0) is 6.54 Å². The van der Waals surface area contributed by atoms with Crippen molar-refractivity contribution >= 4 is 11.6 Å². The molecule has 0 amide bonds. The lowest BCUT2D eigenvalue weighted by Crippen LogP contribution is -2.25. The van der Waals surface area contributed by atoms with Gasteiger partial charge in [0.25, 0.3) is 0 Å². The third-order valence-corrected chi connectivity index (χ3v) is 3.83. The fourth-order valence-corrected chi connectivity index (χ4v) is 2.52. The third kappa shape index (κ3) is 3.46. The van der Waals surface area contributed by atoms with Crippen molar-refractivity contribution in [3.8, 4) is 0 Å². The van der Waals surface area contributed by atoms with E-state index in [4.69, 9.17) is 11.6 Å². The fourth-order valence-electron chi connectivity index (χ4n) is 2.24. The third-order valence-electron chi connectivity index (χ3n) is 3.54. The Hall–Kier alpha value is -0.580. The maximum Gasteiger partial charge on any atom is 0.0834 e. The molecule has 1 unspecified atom stereocenters. The van der Waals surface area contributed by atoms with Gasteiger partial charge in [-0.2, -0.15) is 5.10 Å². The highest BCUT2D eigenvalue weighted by Gasteiger charge is 2.28. The van der Waals surface area contributed by atoms with Crippen molar-refractivity contribution in [1.82, 2.24) is 20.0 Å². The molecule has 18 heavy (non-hydrogen) atoms. The van der Waals surface area contributed by atoms with E-state index in [0.717, 1.165) is 29.7 Å². The van der Waals surface area contributed by atoms with Crippen molar-refractivity contribution in [3.63, 3.8) is 0 Å². The molecule has 1 aliphatic rings. The van der Waals surface area contributed by atoms with Gasteiger partial charge in [0.15, 0.2) is 0 Å². The van der Waals surface area contributed by atoms with Crippen LogP contribution in [0.5, 0.6) is 0 Å². The molecule has 1 aromatic rings. The molecule has 4 nitrogen and oxygen atoms in total. The molecule has 1 heterocycles. The molecule has 1 saturated carbocycles. The Morgan fingerprint density at radius 3 is 2.83 bits per heavy atom. The summed E-state index contributed by atoms with van der Waals surface area (Å²) in [5.41, 5.74) is 1.15. The summed E-state index contributed by atoms with van der Waals surface area (Å²) in [6.45, 7) is 1.86. The predicted octanol–water partition coefficient (Wildman–Crippen LogP) is 2.16. The summed E-state index contributed by atoms with van der Waals surface area (Å²) in [5, 5.41) is 8.57. The Bertz CT molecular complexity index is 384. The molecule has 1 atom stereocenters. The Morgan fingerprint density at radius 1 is 1.56 bits per heavy atom. The van der Waals surface area contributed by atoms with E-state index >= 15 is 0 Å². The van der Waals surface area contributed by atoms with Crippen molar-refractivity contribution in [3.05, 3.63) is 16.9 Å². The predicted molar refractivity (Wildman–Crippen MR) is 74.9 cm³/mol. The minimum atomic E-state index is 0.328. The smallest absolute Gasteiger partial charge is 0.0834 e. The van der Waals surface area contributed by atoms with Gasteiger partial charge in [0.2, 0.25) is 0 Å². The van der Waals surface area contributed by atoms with Crippen molar-refractivity contribution in [2.45, 2.75) is 31.8 Å². The van der Waals surface area contributed by atoms with Crippen LogP contribution in [0.4, 0.5) is 0 Å². The van der Waals surface area contributed by atoms with Gasteiger partial charge in [-0.25, -0.2) is 0 Å². The van der Waals surface area contributed by atoms with Gasteiger partial charge in [-0.3, -0.25) is 4.68 Å². The first kappa shape index (κ1) is 13.8. The summed E-state index contributed by atoms with van der Waals surface area (Å²) >= 11 is 6.30. The van der Waals surface area contributed by atoms with Gasteiger partial charge in [0.05, 0.1) is 29.5 Å². The second kappa shape index (κ2) is 6.04. The lowest BCUT2D eigenvalue weighted by molar-refractivity contribution is 0.360. The molecule has 0 aliphatic heterocycles. The zero-order valence-electron chi connectivity index (χ0n) is 11.5. The van der Waals surface area contributed by atoms with Gasteiger partial charge in [0, 0.05) is 6.54 Å². The number of rotatable bonds is 7. The summed E-state index contributed by atoms with van der Waals surface area (Å²) in [7, 11) is 6.15. The molecule has 1 fully saturated rings. The highest BCUT2D eigenvalue weighted by Crippen LogP contribution is 2.38. The maximum atomic E-state index is 6.30. The first-order valence-electron chi connectivity index (χ1n) is 6.65. The van der Waals surface area contributed by atoms with E-state index in [1.54, 1.807) is 6.20 Å². The van der Waals surface area contributed by atoms with Crippen LogP contribution in [0.1, 0.15) is 31.0 Å². The van der Waals surface area contributed by atoms with Gasteiger partial charge < -0.3 is 10.2 Å². The van der Waals surface area contributed by atoms with Crippen LogP contribution in [0.2, 0.25) is 5.02 Å². The number of nitrogens with zero attached hydrogens (tertiary/aromatic N) is 3. The van der Waals surface area contributed by atoms with E-state index < -0.39 is 0 Å². The molecule has 2 rings (SSSR count). The largest absolute Gasteiger partial charge is 0.312 e. The summed E-state index contributed by atoms with van der Waals surface area (Å²) in [6, 6.07) is 0.328. The van der Waals surface area contributed by atoms with E-state index in [1.165, 1.54) is 19.3 Å². The summed E-state index contributed by atoms with van der Waals surface area (Å²) in [4.78, 5) is 2.16. The molecule has 0 radical (unpaired) electrons. The highest BCUT2D eigenvalue weighted by atomic mass is 35.5. The van der Waals surface area contributed by atoms with Crippen LogP contribution in [0.25, 0.3) is 0 Å². The number of hydrogen-bond acceptors (Lipinski definition) is 3. The molecule has 0 bridgehead atoms. The minimum absolute atomic E-state index is 0.328. The Balaban J connectivity index is 2.09. The van der Waals surface area contributed by atoms with Crippen LogP contribution in [0.3, 0.4) is 0 Å². The number of halogens is 1. The molecule has 1 aliphatic carbocycles. The van der Waals surface area contributed by atoms with Crippen molar-refractivity contribution in [2.75, 3.05) is 27.7 Å². The normalized spacial score (nSPS) is 17.4. The van der Waals surface area contributed by atoms with Gasteiger partial charge in [-0.15, -0.1) is 0 Å². The van der Waals surface area contributed by atoms with Crippen LogP contribution in [0, 0.1) is 5.92 Å². The van der Waals surface area contributed by atoms with E-state index in [-0.39, 0.29) is 0 Å². The quantitative estimate of drug-likeness (QED) is 0.824. The SMILES string of the molecule is CNC(CC1CC1)c1c(Cl)cnn1CCN(C)C. The van der Waals surface area contributed by atoms with E-state index in [1.807, 2.05) is 11.7 Å². The van der Waals surface area contributed by atoms with E-state index in [2.05, 4.69) is 29.4 Å². The van der Waals surface area contributed by atoms with Crippen LogP contribution in [0.15, 0.2) is 6.20 Å². The molecule has 5 heteroatoms. The zero-order valence-corrected chi connectivity index (χ0v) is 12.2. The second-order valence-electron chi connectivity index (χ2n) is 5.42. The number of aromatic nitrogens is 2. The van der Waals surface area contributed by atoms with Crippen molar-refractivity contribution in [1.29, 1.82) is 0 Å². The average Bonchev–Trinajstić information content (AvgIpc) is 3.07. The van der Waals surface area contributed by atoms with Gasteiger partial charge in [-0.05, 0) is 33.5 Å². The molecule has 102 valence electrons. The number of hydrogen-bond donors (Lipinski definition) is 1. The van der Waals surface area contributed by atoms with Gasteiger partial charge in [0.1, 0.15) is 0 Å². The molecule has 1 aromatic heterocycles. The van der Waals surface area contributed by atoms with Gasteiger partial charge >= 0.3 is 0 Å². The number of likely N-dealkylation sites (N-methyl/N-ethyl adjacent to an activating group) is 1. The molecule has 0 spiro atoms. The molecule has 0 aromatic carbocycles. The zero-order chi connectivity index (χ0) is 13.1. The molecule has 0 saturated heterocycles. The highest BCUT2D eigenvalue weighted by molar-refractivity contribution is 6.31.